The number of benzene rings is 2. The minimum absolute atomic E-state index is 0.0829. The molecule has 0 unspecified atom stereocenters. The molecule has 0 saturated carbocycles. The van der Waals surface area contributed by atoms with Crippen molar-refractivity contribution in [2.75, 3.05) is 11.7 Å². The van der Waals surface area contributed by atoms with Crippen LogP contribution in [0.4, 0.5) is 5.69 Å². The van der Waals surface area contributed by atoms with Crippen molar-refractivity contribution in [1.82, 2.24) is 0 Å². The molecule has 5 rings (SSSR count). The molecule has 0 spiro atoms. The largest absolute Gasteiger partial charge is 0.454 e. The molecular formula is C22H17Cl2NO4. The zero-order chi connectivity index (χ0) is 20.1. The van der Waals surface area contributed by atoms with Crippen LogP contribution in [0.1, 0.15) is 37.2 Å². The Morgan fingerprint density at radius 1 is 0.931 bits per heavy atom. The molecule has 0 saturated heterocycles. The van der Waals surface area contributed by atoms with Crippen molar-refractivity contribution in [2.24, 2.45) is 0 Å². The Hall–Kier alpha value is -2.50. The van der Waals surface area contributed by atoms with E-state index in [2.05, 4.69) is 0 Å². The number of allylic oxidation sites excluding steroid dienone is 2. The molecule has 2 aromatic rings. The summed E-state index contributed by atoms with van der Waals surface area (Å²) in [6.45, 7) is 0.179. The van der Waals surface area contributed by atoms with Gasteiger partial charge in [-0.3, -0.25) is 14.5 Å². The van der Waals surface area contributed by atoms with Gasteiger partial charge in [-0.25, -0.2) is 0 Å². The van der Waals surface area contributed by atoms with E-state index < -0.39 is 0 Å². The van der Waals surface area contributed by atoms with E-state index in [1.807, 2.05) is 18.2 Å². The third-order valence-corrected chi connectivity index (χ3v) is 6.02. The van der Waals surface area contributed by atoms with Gasteiger partial charge in [-0.15, -0.1) is 0 Å². The normalized spacial score (nSPS) is 20.9. The lowest BCUT2D eigenvalue weighted by Gasteiger charge is -2.38. The van der Waals surface area contributed by atoms with E-state index in [1.165, 1.54) is 0 Å². The Kier molecular flexibility index (Phi) is 4.52. The van der Waals surface area contributed by atoms with Gasteiger partial charge in [-0.1, -0.05) is 29.3 Å². The van der Waals surface area contributed by atoms with Crippen LogP contribution in [-0.4, -0.2) is 18.5 Å². The Bertz CT molecular complexity index is 1060. The average Bonchev–Trinajstić information content (AvgIpc) is 3.14. The van der Waals surface area contributed by atoms with Crippen LogP contribution in [0.25, 0.3) is 0 Å². The monoisotopic (exact) mass is 429 g/mol. The number of ketones is 1. The maximum absolute atomic E-state index is 13.2. The van der Waals surface area contributed by atoms with Gasteiger partial charge in [0.2, 0.25) is 12.7 Å². The highest BCUT2D eigenvalue weighted by molar-refractivity contribution is 6.35. The number of carbonyl (C=O) groups is 2. The van der Waals surface area contributed by atoms with Gasteiger partial charge in [0.25, 0.3) is 0 Å². The standard InChI is InChI=1S/C22H17Cl2NO4/c23-13-7-14(24)9-15(8-13)25-17-2-1-3-18(26)22(17)16(10-21(25)27)12-4-5-19-20(6-12)29-11-28-19/h4-9,16H,1-3,10-11H2/t16-/m1/s1. The molecule has 29 heavy (non-hydrogen) atoms. The number of hydrogen-bond acceptors (Lipinski definition) is 4. The first-order chi connectivity index (χ1) is 14.0. The maximum Gasteiger partial charge on any atom is 0.232 e. The quantitative estimate of drug-likeness (QED) is 0.653. The predicted octanol–water partition coefficient (Wildman–Crippen LogP) is 5.25. The van der Waals surface area contributed by atoms with Gasteiger partial charge in [0.1, 0.15) is 0 Å². The number of amides is 1. The molecule has 1 atom stereocenters. The van der Waals surface area contributed by atoms with Crippen LogP contribution in [-0.2, 0) is 9.59 Å². The fourth-order valence-corrected chi connectivity index (χ4v) is 4.89. The Morgan fingerprint density at radius 2 is 1.69 bits per heavy atom. The van der Waals surface area contributed by atoms with Gasteiger partial charge in [0.05, 0.1) is 5.69 Å². The number of carbonyl (C=O) groups excluding carboxylic acids is 2. The summed E-state index contributed by atoms with van der Waals surface area (Å²) in [5.41, 5.74) is 2.93. The Labute approximate surface area is 177 Å². The molecule has 0 radical (unpaired) electrons. The molecule has 2 aliphatic heterocycles. The molecule has 7 heteroatoms. The van der Waals surface area contributed by atoms with Gasteiger partial charge in [0, 0.05) is 40.1 Å². The summed E-state index contributed by atoms with van der Waals surface area (Å²) in [5, 5.41) is 0.893. The molecule has 0 aromatic heterocycles. The van der Waals surface area contributed by atoms with Crippen molar-refractivity contribution < 1.29 is 19.1 Å². The predicted molar refractivity (Wildman–Crippen MR) is 110 cm³/mol. The molecule has 2 aromatic carbocycles. The lowest BCUT2D eigenvalue weighted by molar-refractivity contribution is -0.119. The van der Waals surface area contributed by atoms with Crippen LogP contribution in [0, 0.1) is 0 Å². The van der Waals surface area contributed by atoms with Gasteiger partial charge >= 0.3 is 0 Å². The SMILES string of the molecule is O=C1CCCC2=C1[C@@H](c1ccc3c(c1)OCO3)CC(=O)N2c1cc(Cl)cc(Cl)c1. The third kappa shape index (κ3) is 3.18. The maximum atomic E-state index is 13.2. The molecule has 5 nitrogen and oxygen atoms in total. The second kappa shape index (κ2) is 7.08. The van der Waals surface area contributed by atoms with Crippen molar-refractivity contribution in [1.29, 1.82) is 0 Å². The van der Waals surface area contributed by atoms with Gasteiger partial charge in [0.15, 0.2) is 17.3 Å². The first-order valence-corrected chi connectivity index (χ1v) is 10.2. The zero-order valence-corrected chi connectivity index (χ0v) is 16.9. The summed E-state index contributed by atoms with van der Waals surface area (Å²) in [6.07, 6.45) is 2.04. The van der Waals surface area contributed by atoms with E-state index >= 15 is 0 Å². The van der Waals surface area contributed by atoms with Crippen LogP contribution in [0.2, 0.25) is 10.0 Å². The molecule has 2 heterocycles. The molecular weight excluding hydrogens is 413 g/mol. The number of nitrogens with zero attached hydrogens (tertiary/aromatic N) is 1. The molecule has 0 bridgehead atoms. The average molecular weight is 430 g/mol. The number of rotatable bonds is 2. The number of fused-ring (bicyclic) bond motifs is 1. The number of ether oxygens (including phenoxy) is 2. The first kappa shape index (κ1) is 18.5. The minimum Gasteiger partial charge on any atom is -0.454 e. The van der Waals surface area contributed by atoms with Crippen molar-refractivity contribution in [3.8, 4) is 11.5 Å². The topological polar surface area (TPSA) is 55.8 Å². The van der Waals surface area contributed by atoms with E-state index in [0.29, 0.717) is 52.1 Å². The molecule has 0 fully saturated rings. The van der Waals surface area contributed by atoms with Crippen molar-refractivity contribution in [3.63, 3.8) is 0 Å². The van der Waals surface area contributed by atoms with Crippen LogP contribution >= 0.6 is 23.2 Å². The molecule has 1 amide bonds. The van der Waals surface area contributed by atoms with Gasteiger partial charge in [-0.2, -0.15) is 0 Å². The molecule has 1 aliphatic carbocycles. The highest BCUT2D eigenvalue weighted by Gasteiger charge is 2.40. The first-order valence-electron chi connectivity index (χ1n) is 9.46. The van der Waals surface area contributed by atoms with E-state index in [4.69, 9.17) is 32.7 Å². The van der Waals surface area contributed by atoms with E-state index in [-0.39, 0.29) is 30.8 Å². The molecule has 148 valence electrons. The van der Waals surface area contributed by atoms with Crippen molar-refractivity contribution in [2.45, 2.75) is 31.6 Å². The van der Waals surface area contributed by atoms with Gasteiger partial charge in [-0.05, 0) is 48.7 Å². The number of Topliss-reactive ketones (excluding diaryl/α,β-unsaturated/α-hetero) is 1. The number of hydrogen-bond donors (Lipinski definition) is 0. The smallest absolute Gasteiger partial charge is 0.232 e. The Balaban J connectivity index is 1.64. The highest BCUT2D eigenvalue weighted by Crippen LogP contribution is 2.46. The lowest BCUT2D eigenvalue weighted by atomic mass is 9.77. The van der Waals surface area contributed by atoms with Crippen molar-refractivity contribution in [3.05, 3.63) is 63.3 Å². The van der Waals surface area contributed by atoms with Gasteiger partial charge < -0.3 is 9.47 Å². The zero-order valence-electron chi connectivity index (χ0n) is 15.4. The summed E-state index contributed by atoms with van der Waals surface area (Å²) in [7, 11) is 0. The van der Waals surface area contributed by atoms with Crippen LogP contribution in [0.3, 0.4) is 0 Å². The van der Waals surface area contributed by atoms with Crippen molar-refractivity contribution >= 4 is 40.6 Å². The third-order valence-electron chi connectivity index (χ3n) is 5.58. The van der Waals surface area contributed by atoms with E-state index in [1.54, 1.807) is 23.1 Å². The van der Waals surface area contributed by atoms with E-state index in [0.717, 1.165) is 11.3 Å². The Morgan fingerprint density at radius 3 is 2.48 bits per heavy atom. The lowest BCUT2D eigenvalue weighted by Crippen LogP contribution is -2.40. The summed E-state index contributed by atoms with van der Waals surface area (Å²) < 4.78 is 10.9. The van der Waals surface area contributed by atoms with E-state index in [9.17, 15) is 9.59 Å². The number of halogens is 2. The fraction of sp³-hybridized carbons (Fsp3) is 0.273. The molecule has 0 N–H and O–H groups in total. The second-order valence-corrected chi connectivity index (χ2v) is 8.24. The summed E-state index contributed by atoms with van der Waals surface area (Å²) in [5.74, 6) is 1.02. The summed E-state index contributed by atoms with van der Waals surface area (Å²) >= 11 is 12.3. The fourth-order valence-electron chi connectivity index (χ4n) is 4.38. The molecule has 3 aliphatic rings. The number of anilines is 1. The van der Waals surface area contributed by atoms with Crippen LogP contribution in [0.15, 0.2) is 47.7 Å². The summed E-state index contributed by atoms with van der Waals surface area (Å²) in [6, 6.07) is 10.6. The highest BCUT2D eigenvalue weighted by atomic mass is 35.5. The van der Waals surface area contributed by atoms with Crippen LogP contribution in [0.5, 0.6) is 11.5 Å². The second-order valence-electron chi connectivity index (χ2n) is 7.36. The summed E-state index contributed by atoms with van der Waals surface area (Å²) in [4.78, 5) is 27.8. The van der Waals surface area contributed by atoms with Crippen LogP contribution < -0.4 is 14.4 Å². The minimum atomic E-state index is -0.300.